The Labute approximate surface area is 122 Å². The molecule has 1 aliphatic carbocycles. The summed E-state index contributed by atoms with van der Waals surface area (Å²) >= 11 is 3.49. The van der Waals surface area contributed by atoms with Crippen molar-refractivity contribution in [3.8, 4) is 0 Å². The van der Waals surface area contributed by atoms with Gasteiger partial charge in [-0.15, -0.1) is 0 Å². The van der Waals surface area contributed by atoms with Gasteiger partial charge in [0.05, 0.1) is 5.41 Å². The summed E-state index contributed by atoms with van der Waals surface area (Å²) in [4.78, 5) is 12.6. The molecule has 1 aromatic carbocycles. The van der Waals surface area contributed by atoms with Gasteiger partial charge in [-0.05, 0) is 49.9 Å². The second kappa shape index (κ2) is 5.25. The third-order valence-corrected chi connectivity index (χ3v) is 4.69. The van der Waals surface area contributed by atoms with Gasteiger partial charge < -0.3 is 10.6 Å². The lowest BCUT2D eigenvalue weighted by molar-refractivity contribution is -0.124. The highest BCUT2D eigenvalue weighted by molar-refractivity contribution is 9.10. The molecule has 1 aromatic rings. The van der Waals surface area contributed by atoms with Crippen molar-refractivity contribution in [2.24, 2.45) is 0 Å². The molecular formula is C15H19BrN2O. The highest BCUT2D eigenvalue weighted by Gasteiger charge is 2.51. The van der Waals surface area contributed by atoms with Gasteiger partial charge in [0.15, 0.2) is 0 Å². The Morgan fingerprint density at radius 2 is 2.26 bits per heavy atom. The van der Waals surface area contributed by atoms with Crippen molar-refractivity contribution in [1.29, 1.82) is 0 Å². The zero-order valence-corrected chi connectivity index (χ0v) is 12.5. The van der Waals surface area contributed by atoms with Crippen LogP contribution in [0.1, 0.15) is 31.2 Å². The summed E-state index contributed by atoms with van der Waals surface area (Å²) in [6, 6.07) is 8.45. The molecule has 0 radical (unpaired) electrons. The third kappa shape index (κ3) is 2.70. The molecule has 0 aromatic heterocycles. The first kappa shape index (κ1) is 13.1. The number of hydrogen-bond acceptors (Lipinski definition) is 2. The van der Waals surface area contributed by atoms with E-state index in [4.69, 9.17) is 0 Å². The first-order valence-corrected chi connectivity index (χ1v) is 7.78. The van der Waals surface area contributed by atoms with Crippen molar-refractivity contribution >= 4 is 21.8 Å². The van der Waals surface area contributed by atoms with Crippen LogP contribution in [0.2, 0.25) is 0 Å². The Hall–Kier alpha value is -0.870. The van der Waals surface area contributed by atoms with E-state index in [1.54, 1.807) is 0 Å². The first-order valence-electron chi connectivity index (χ1n) is 6.98. The minimum absolute atomic E-state index is 0.208. The summed E-state index contributed by atoms with van der Waals surface area (Å²) in [6.07, 6.45) is 4.17. The fourth-order valence-corrected chi connectivity index (χ4v) is 3.26. The summed E-state index contributed by atoms with van der Waals surface area (Å²) < 4.78 is 1.04. The summed E-state index contributed by atoms with van der Waals surface area (Å²) in [5.41, 5.74) is 0.879. The second-order valence-corrected chi connectivity index (χ2v) is 6.52. The van der Waals surface area contributed by atoms with Crippen LogP contribution in [0.25, 0.3) is 0 Å². The van der Waals surface area contributed by atoms with Crippen LogP contribution in [0.4, 0.5) is 0 Å². The van der Waals surface area contributed by atoms with Crippen LogP contribution in [0.3, 0.4) is 0 Å². The van der Waals surface area contributed by atoms with Gasteiger partial charge in [-0.3, -0.25) is 4.79 Å². The highest BCUT2D eigenvalue weighted by atomic mass is 79.9. The number of nitrogens with one attached hydrogen (secondary N) is 2. The van der Waals surface area contributed by atoms with Gasteiger partial charge in [0.1, 0.15) is 0 Å². The number of carbonyl (C=O) groups excluding carboxylic acids is 1. The molecule has 0 bridgehead atoms. The Kier molecular flexibility index (Phi) is 3.63. The van der Waals surface area contributed by atoms with Crippen molar-refractivity contribution < 1.29 is 4.79 Å². The van der Waals surface area contributed by atoms with E-state index in [-0.39, 0.29) is 11.3 Å². The molecule has 0 spiro atoms. The number of piperidine rings is 1. The Morgan fingerprint density at radius 3 is 2.89 bits per heavy atom. The number of benzene rings is 1. The van der Waals surface area contributed by atoms with E-state index in [2.05, 4.69) is 38.7 Å². The van der Waals surface area contributed by atoms with Gasteiger partial charge in [0.25, 0.3) is 0 Å². The lowest BCUT2D eigenvalue weighted by atomic mass is 9.94. The molecule has 1 atom stereocenters. The Bertz CT molecular complexity index is 479. The van der Waals surface area contributed by atoms with Crippen LogP contribution in [-0.4, -0.2) is 25.0 Å². The monoisotopic (exact) mass is 322 g/mol. The fourth-order valence-electron chi connectivity index (χ4n) is 2.86. The molecule has 4 heteroatoms. The lowest BCUT2D eigenvalue weighted by Gasteiger charge is -2.26. The summed E-state index contributed by atoms with van der Waals surface area (Å²) in [5.74, 6) is 0.208. The largest absolute Gasteiger partial charge is 0.351 e. The average Bonchev–Trinajstić information content (AvgIpc) is 3.21. The average molecular weight is 323 g/mol. The quantitative estimate of drug-likeness (QED) is 0.896. The van der Waals surface area contributed by atoms with E-state index < -0.39 is 0 Å². The number of rotatable bonds is 3. The number of halogens is 1. The standard InChI is InChI=1S/C15H19BrN2O/c16-12-4-1-3-11(9-12)15(6-7-15)14(19)18-13-5-2-8-17-10-13/h1,3-4,9,13,17H,2,5-8,10H2,(H,18,19)/t13-/m0/s1. The SMILES string of the molecule is O=C(N[C@H]1CCCNC1)C1(c2cccc(Br)c2)CC1. The van der Waals surface area contributed by atoms with Crippen LogP contribution < -0.4 is 10.6 Å². The molecule has 2 N–H and O–H groups in total. The highest BCUT2D eigenvalue weighted by Crippen LogP contribution is 2.49. The maximum Gasteiger partial charge on any atom is 0.230 e. The molecule has 102 valence electrons. The molecule has 3 rings (SSSR count). The van der Waals surface area contributed by atoms with Crippen LogP contribution in [0.5, 0.6) is 0 Å². The normalized spacial score (nSPS) is 24.8. The molecule has 1 heterocycles. The van der Waals surface area contributed by atoms with Crippen molar-refractivity contribution in [3.05, 3.63) is 34.3 Å². The smallest absolute Gasteiger partial charge is 0.230 e. The van der Waals surface area contributed by atoms with Crippen LogP contribution >= 0.6 is 15.9 Å². The lowest BCUT2D eigenvalue weighted by Crippen LogP contribution is -2.48. The number of carbonyl (C=O) groups is 1. The molecule has 2 aliphatic rings. The molecule has 0 unspecified atom stereocenters. The predicted octanol–water partition coefficient (Wildman–Crippen LogP) is 2.35. The van der Waals surface area contributed by atoms with Gasteiger partial charge in [-0.2, -0.15) is 0 Å². The van der Waals surface area contributed by atoms with E-state index >= 15 is 0 Å². The fraction of sp³-hybridized carbons (Fsp3) is 0.533. The first-order chi connectivity index (χ1) is 9.21. The van der Waals surface area contributed by atoms with Crippen LogP contribution in [0.15, 0.2) is 28.7 Å². The zero-order valence-electron chi connectivity index (χ0n) is 10.9. The Balaban J connectivity index is 1.71. The van der Waals surface area contributed by atoms with Crippen molar-refractivity contribution in [2.45, 2.75) is 37.1 Å². The molecule has 3 nitrogen and oxygen atoms in total. The summed E-state index contributed by atoms with van der Waals surface area (Å²) in [7, 11) is 0. The molecule has 2 fully saturated rings. The minimum atomic E-state index is -0.263. The summed E-state index contributed by atoms with van der Waals surface area (Å²) in [5, 5.41) is 6.56. The van der Waals surface area contributed by atoms with Gasteiger partial charge in [-0.1, -0.05) is 28.1 Å². The minimum Gasteiger partial charge on any atom is -0.351 e. The third-order valence-electron chi connectivity index (χ3n) is 4.19. The van der Waals surface area contributed by atoms with Gasteiger partial charge in [0.2, 0.25) is 5.91 Å². The van der Waals surface area contributed by atoms with E-state index in [1.165, 1.54) is 0 Å². The number of hydrogen-bond donors (Lipinski definition) is 2. The topological polar surface area (TPSA) is 41.1 Å². The molecule has 1 amide bonds. The van der Waals surface area contributed by atoms with Crippen molar-refractivity contribution in [3.63, 3.8) is 0 Å². The maximum atomic E-state index is 12.6. The van der Waals surface area contributed by atoms with Gasteiger partial charge >= 0.3 is 0 Å². The van der Waals surface area contributed by atoms with Gasteiger partial charge in [0, 0.05) is 17.1 Å². The van der Waals surface area contributed by atoms with Crippen molar-refractivity contribution in [1.82, 2.24) is 10.6 Å². The predicted molar refractivity (Wildman–Crippen MR) is 79.1 cm³/mol. The van der Waals surface area contributed by atoms with Gasteiger partial charge in [-0.25, -0.2) is 0 Å². The maximum absolute atomic E-state index is 12.6. The number of amides is 1. The molecule has 19 heavy (non-hydrogen) atoms. The Morgan fingerprint density at radius 1 is 1.42 bits per heavy atom. The van der Waals surface area contributed by atoms with E-state index in [1.807, 2.05) is 12.1 Å². The second-order valence-electron chi connectivity index (χ2n) is 5.61. The van der Waals surface area contributed by atoms with E-state index in [9.17, 15) is 4.79 Å². The van der Waals surface area contributed by atoms with Crippen LogP contribution in [-0.2, 0) is 10.2 Å². The van der Waals surface area contributed by atoms with E-state index in [0.29, 0.717) is 6.04 Å². The van der Waals surface area contributed by atoms with E-state index in [0.717, 1.165) is 48.8 Å². The van der Waals surface area contributed by atoms with Crippen molar-refractivity contribution in [2.75, 3.05) is 13.1 Å². The molecule has 1 saturated heterocycles. The molecular weight excluding hydrogens is 304 g/mol. The molecule has 1 saturated carbocycles. The van der Waals surface area contributed by atoms with Crippen LogP contribution in [0, 0.1) is 0 Å². The zero-order chi connectivity index (χ0) is 13.3. The molecule has 1 aliphatic heterocycles. The summed E-state index contributed by atoms with van der Waals surface area (Å²) in [6.45, 7) is 1.98.